The van der Waals surface area contributed by atoms with E-state index < -0.39 is 0 Å². The van der Waals surface area contributed by atoms with Crippen molar-refractivity contribution in [1.29, 1.82) is 0 Å². The Kier molecular flexibility index (Phi) is 5.34. The summed E-state index contributed by atoms with van der Waals surface area (Å²) in [7, 11) is 0. The number of aromatic nitrogens is 4. The highest BCUT2D eigenvalue weighted by atomic mass is 15.1. The molecule has 0 aliphatic heterocycles. The van der Waals surface area contributed by atoms with Gasteiger partial charge < -0.3 is 4.40 Å². The van der Waals surface area contributed by atoms with Gasteiger partial charge in [0.1, 0.15) is 5.82 Å². The van der Waals surface area contributed by atoms with E-state index in [0.717, 1.165) is 39.0 Å². The Labute approximate surface area is 308 Å². The molecule has 0 fully saturated rings. The van der Waals surface area contributed by atoms with E-state index in [0.29, 0.717) is 0 Å². The molecule has 0 bridgehead atoms. The van der Waals surface area contributed by atoms with Gasteiger partial charge in [0.05, 0.1) is 33.1 Å². The summed E-state index contributed by atoms with van der Waals surface area (Å²) in [5, 5.41) is 15.8. The molecule has 0 amide bonds. The monoisotopic (exact) mass is 684 g/mol. The molecule has 13 aromatic rings. The molecule has 4 heterocycles. The molecule has 0 unspecified atom stereocenters. The Bertz CT molecular complexity index is 3740. The second kappa shape index (κ2) is 10.2. The molecule has 0 saturated heterocycles. The van der Waals surface area contributed by atoms with Crippen molar-refractivity contribution in [1.82, 2.24) is 18.9 Å². The summed E-state index contributed by atoms with van der Waals surface area (Å²) in [5.74, 6) is 1.60. The predicted molar refractivity (Wildman–Crippen MR) is 226 cm³/mol. The molecule has 54 heavy (non-hydrogen) atoms. The Hall–Kier alpha value is -7.30. The van der Waals surface area contributed by atoms with Crippen molar-refractivity contribution in [3.8, 4) is 17.2 Å². The van der Waals surface area contributed by atoms with Gasteiger partial charge in [-0.05, 0) is 74.8 Å². The number of para-hydroxylation sites is 3. The van der Waals surface area contributed by atoms with E-state index in [1.165, 1.54) is 81.3 Å². The molecule has 0 spiro atoms. The zero-order valence-electron chi connectivity index (χ0n) is 29.0. The van der Waals surface area contributed by atoms with Crippen molar-refractivity contribution in [3.63, 3.8) is 0 Å². The number of rotatable bonds is 2. The Morgan fingerprint density at radius 3 is 1.85 bits per heavy atom. The lowest BCUT2D eigenvalue weighted by Gasteiger charge is -2.15. The van der Waals surface area contributed by atoms with Gasteiger partial charge in [-0.25, -0.2) is 9.97 Å². The molecule has 4 heteroatoms. The highest BCUT2D eigenvalue weighted by Gasteiger charge is 2.26. The van der Waals surface area contributed by atoms with Gasteiger partial charge in [-0.3, -0.25) is 4.57 Å². The molecule has 0 radical (unpaired) electrons. The predicted octanol–water partition coefficient (Wildman–Crippen LogP) is 13.0. The van der Waals surface area contributed by atoms with Gasteiger partial charge in [0, 0.05) is 43.3 Å². The van der Waals surface area contributed by atoms with Gasteiger partial charge in [0.25, 0.3) is 0 Å². The maximum Gasteiger partial charge on any atom is 0.162 e. The molecule has 0 aliphatic carbocycles. The summed E-state index contributed by atoms with van der Waals surface area (Å²) in [4.78, 5) is 10.9. The van der Waals surface area contributed by atoms with E-state index in [9.17, 15) is 0 Å². The van der Waals surface area contributed by atoms with E-state index in [1.54, 1.807) is 0 Å². The molecule has 4 aromatic heterocycles. The van der Waals surface area contributed by atoms with Gasteiger partial charge in [0.15, 0.2) is 5.82 Å². The zero-order chi connectivity index (χ0) is 35.1. The van der Waals surface area contributed by atoms with Crippen LogP contribution in [0.5, 0.6) is 0 Å². The van der Waals surface area contributed by atoms with Crippen LogP contribution < -0.4 is 0 Å². The number of hydrogen-bond donors (Lipinski definition) is 0. The second-order valence-corrected chi connectivity index (χ2v) is 14.5. The van der Waals surface area contributed by atoms with Crippen LogP contribution in [0.3, 0.4) is 0 Å². The molecule has 9 aromatic carbocycles. The van der Waals surface area contributed by atoms with Crippen LogP contribution in [-0.2, 0) is 0 Å². The van der Waals surface area contributed by atoms with Gasteiger partial charge in [-0.2, -0.15) is 0 Å². The van der Waals surface area contributed by atoms with Gasteiger partial charge in [-0.15, -0.1) is 0 Å². The highest BCUT2D eigenvalue weighted by Crippen LogP contribution is 2.48. The van der Waals surface area contributed by atoms with Crippen molar-refractivity contribution in [2.24, 2.45) is 0 Å². The smallest absolute Gasteiger partial charge is 0.162 e. The third-order valence-corrected chi connectivity index (χ3v) is 11.8. The fraction of sp³-hybridized carbons (Fsp3) is 0. The lowest BCUT2D eigenvalue weighted by atomic mass is 9.97. The van der Waals surface area contributed by atoms with Crippen molar-refractivity contribution < 1.29 is 0 Å². The first-order chi connectivity index (χ1) is 26.8. The van der Waals surface area contributed by atoms with E-state index >= 15 is 0 Å². The standard InChI is InChI=1S/C50H28N4/c1-4-16-32-29(13-1)25-26-44-45(32)40-28-38-35-19-8-11-23-42(35)54(47(38)46-37-21-9-12-24-43(37)53(44)48(40)46)50-36-20-7-10-22-41(36)51-49(52-50)39-27-30-14-2-3-15-31(30)33-17-5-6-18-34(33)39/h1-28H. The molecule has 0 N–H and O–H groups in total. The Morgan fingerprint density at radius 1 is 0.352 bits per heavy atom. The first-order valence-corrected chi connectivity index (χ1v) is 18.5. The van der Waals surface area contributed by atoms with E-state index in [4.69, 9.17) is 9.97 Å². The third kappa shape index (κ3) is 3.52. The van der Waals surface area contributed by atoms with E-state index in [-0.39, 0.29) is 0 Å². The summed E-state index contributed by atoms with van der Waals surface area (Å²) >= 11 is 0. The molecule has 4 nitrogen and oxygen atoms in total. The summed E-state index contributed by atoms with van der Waals surface area (Å²) < 4.78 is 4.92. The first kappa shape index (κ1) is 28.3. The van der Waals surface area contributed by atoms with Crippen molar-refractivity contribution in [2.75, 3.05) is 0 Å². The molecular weight excluding hydrogens is 657 g/mol. The van der Waals surface area contributed by atoms with Gasteiger partial charge in [-0.1, -0.05) is 127 Å². The molecule has 13 rings (SSSR count). The van der Waals surface area contributed by atoms with Crippen molar-refractivity contribution >= 4 is 103 Å². The number of hydrogen-bond acceptors (Lipinski definition) is 2. The molecule has 0 atom stereocenters. The van der Waals surface area contributed by atoms with Crippen LogP contribution >= 0.6 is 0 Å². The third-order valence-electron chi connectivity index (χ3n) is 11.8. The summed E-state index contributed by atoms with van der Waals surface area (Å²) in [6.45, 7) is 0. The van der Waals surface area contributed by atoms with E-state index in [2.05, 4.69) is 179 Å². The second-order valence-electron chi connectivity index (χ2n) is 14.5. The minimum Gasteiger partial charge on any atom is -0.308 e. The summed E-state index contributed by atoms with van der Waals surface area (Å²) in [5.41, 5.74) is 7.93. The molecular formula is C50H28N4. The Balaban J connectivity index is 1.25. The van der Waals surface area contributed by atoms with E-state index in [1.807, 2.05) is 0 Å². The summed E-state index contributed by atoms with van der Waals surface area (Å²) in [6.07, 6.45) is 0. The largest absolute Gasteiger partial charge is 0.308 e. The lowest BCUT2D eigenvalue weighted by Crippen LogP contribution is -2.03. The van der Waals surface area contributed by atoms with Crippen LogP contribution in [0.1, 0.15) is 0 Å². The Morgan fingerprint density at radius 2 is 1.00 bits per heavy atom. The normalized spacial score (nSPS) is 12.4. The molecule has 0 saturated carbocycles. The van der Waals surface area contributed by atoms with Crippen LogP contribution in [0.15, 0.2) is 170 Å². The number of nitrogens with zero attached hydrogens (tertiary/aromatic N) is 4. The fourth-order valence-electron chi connectivity index (χ4n) is 9.59. The molecule has 0 aliphatic rings. The fourth-order valence-corrected chi connectivity index (χ4v) is 9.59. The van der Waals surface area contributed by atoms with Crippen LogP contribution in [0.4, 0.5) is 0 Å². The topological polar surface area (TPSA) is 35.1 Å². The average molecular weight is 685 g/mol. The maximum atomic E-state index is 5.63. The SMILES string of the molecule is c1ccc2c(c1)cc(-c1nc(-n3c4ccccc4c4cc5c6c7ccccc7ccc6n6c7ccccc7c(c43)c56)c3ccccc3n1)c1ccccc12. The zero-order valence-corrected chi connectivity index (χ0v) is 29.0. The molecule has 248 valence electrons. The van der Waals surface area contributed by atoms with Crippen LogP contribution in [-0.4, -0.2) is 18.9 Å². The minimum atomic E-state index is 0.718. The van der Waals surface area contributed by atoms with Crippen LogP contribution in [0.2, 0.25) is 0 Å². The van der Waals surface area contributed by atoms with Crippen molar-refractivity contribution in [2.45, 2.75) is 0 Å². The number of fused-ring (bicyclic) bond motifs is 16. The summed E-state index contributed by atoms with van der Waals surface area (Å²) in [6, 6.07) is 61.5. The lowest BCUT2D eigenvalue weighted by molar-refractivity contribution is 1.08. The van der Waals surface area contributed by atoms with Gasteiger partial charge >= 0.3 is 0 Å². The maximum absolute atomic E-state index is 5.63. The van der Waals surface area contributed by atoms with Crippen LogP contribution in [0.25, 0.3) is 120 Å². The highest BCUT2D eigenvalue weighted by molar-refractivity contribution is 6.36. The average Bonchev–Trinajstić information content (AvgIpc) is 3.88. The van der Waals surface area contributed by atoms with Crippen LogP contribution in [0, 0.1) is 0 Å². The quantitative estimate of drug-likeness (QED) is 0.170. The minimum absolute atomic E-state index is 0.718. The van der Waals surface area contributed by atoms with Crippen molar-refractivity contribution in [3.05, 3.63) is 170 Å². The van der Waals surface area contributed by atoms with Gasteiger partial charge in [0.2, 0.25) is 0 Å². The number of benzene rings is 9. The first-order valence-electron chi connectivity index (χ1n) is 18.5.